The molecule has 51 heavy (non-hydrogen) atoms. The second-order valence-electron chi connectivity index (χ2n) is 11.6. The topological polar surface area (TPSA) is 115 Å². The number of nitrogens with zero attached hydrogens (tertiary/aromatic N) is 6. The van der Waals surface area contributed by atoms with Gasteiger partial charge in [-0.3, -0.25) is 9.59 Å². The normalized spacial score (nSPS) is 14.7. The quantitative estimate of drug-likeness (QED) is 0.140. The van der Waals surface area contributed by atoms with Crippen molar-refractivity contribution in [3.8, 4) is 11.4 Å². The molecule has 0 aliphatic carbocycles. The standard InChI is InChI=1S/C38H29Cl2N7O3S/c1-23-12-21-33(30(22-23)24(2)51-38-42-44-45-46(38)29-8-4-3-5-9-29)50-35-34(25-13-17-27(39)18-14-25)43-47(37(35)49)32-11-7-6-10-31(32)41-36(48)26-15-19-28(40)20-16-26/h3-22,24,35H,1-2H3,(H,41,48). The van der Waals surface area contributed by atoms with Crippen LogP contribution in [-0.4, -0.2) is 43.8 Å². The average Bonchev–Trinajstić information content (AvgIpc) is 3.74. The number of anilines is 2. The number of ether oxygens (including phenoxy) is 1. The molecule has 0 saturated carbocycles. The number of carbonyl (C=O) groups excluding carboxylic acids is 2. The highest BCUT2D eigenvalue weighted by molar-refractivity contribution is 7.99. The molecule has 2 unspecified atom stereocenters. The number of hydrazone groups is 1. The van der Waals surface area contributed by atoms with Gasteiger partial charge in [0.15, 0.2) is 0 Å². The second-order valence-corrected chi connectivity index (χ2v) is 13.8. The molecule has 1 N–H and O–H groups in total. The van der Waals surface area contributed by atoms with E-state index >= 15 is 0 Å². The lowest BCUT2D eigenvalue weighted by atomic mass is 10.0. The molecule has 2 atom stereocenters. The van der Waals surface area contributed by atoms with Gasteiger partial charge in [-0.15, -0.1) is 5.10 Å². The van der Waals surface area contributed by atoms with Crippen molar-refractivity contribution in [2.24, 2.45) is 5.10 Å². The SMILES string of the molecule is Cc1ccc(OC2C(=O)N(c3ccccc3NC(=O)c3ccc(Cl)cc3)N=C2c2ccc(Cl)cc2)c(C(C)Sc2nnnn2-c2ccccc2)c1. The Hall–Kier alpha value is -5.49. The maximum Gasteiger partial charge on any atom is 0.294 e. The summed E-state index contributed by atoms with van der Waals surface area (Å²) in [6.07, 6.45) is -1.13. The van der Waals surface area contributed by atoms with E-state index in [0.717, 1.165) is 16.8 Å². The molecular weight excluding hydrogens is 705 g/mol. The fourth-order valence-electron chi connectivity index (χ4n) is 5.53. The average molecular weight is 735 g/mol. The van der Waals surface area contributed by atoms with E-state index in [1.165, 1.54) is 16.8 Å². The van der Waals surface area contributed by atoms with E-state index in [1.807, 2.05) is 62.4 Å². The van der Waals surface area contributed by atoms with Crippen LogP contribution in [0.4, 0.5) is 11.4 Å². The molecule has 7 rings (SSSR count). The number of benzene rings is 5. The summed E-state index contributed by atoms with van der Waals surface area (Å²) in [5, 5.41) is 22.8. The van der Waals surface area contributed by atoms with E-state index in [4.69, 9.17) is 33.0 Å². The summed E-state index contributed by atoms with van der Waals surface area (Å²) >= 11 is 13.7. The van der Waals surface area contributed by atoms with Gasteiger partial charge in [0.05, 0.1) is 17.1 Å². The Morgan fingerprint density at radius 2 is 1.57 bits per heavy atom. The monoisotopic (exact) mass is 733 g/mol. The number of carbonyl (C=O) groups is 2. The van der Waals surface area contributed by atoms with Gasteiger partial charge < -0.3 is 10.1 Å². The third kappa shape index (κ3) is 7.36. The third-order valence-corrected chi connectivity index (χ3v) is 9.66. The van der Waals surface area contributed by atoms with Crippen LogP contribution in [-0.2, 0) is 4.79 Å². The Morgan fingerprint density at radius 3 is 2.31 bits per heavy atom. The first-order valence-electron chi connectivity index (χ1n) is 15.9. The van der Waals surface area contributed by atoms with Crippen LogP contribution in [0.1, 0.15) is 39.2 Å². The zero-order valence-electron chi connectivity index (χ0n) is 27.3. The maximum atomic E-state index is 14.4. The van der Waals surface area contributed by atoms with Crippen molar-refractivity contribution in [1.29, 1.82) is 0 Å². The predicted octanol–water partition coefficient (Wildman–Crippen LogP) is 8.58. The number of tetrazole rings is 1. The summed E-state index contributed by atoms with van der Waals surface area (Å²) in [5.41, 5.74) is 4.92. The van der Waals surface area contributed by atoms with Crippen molar-refractivity contribution in [2.45, 2.75) is 30.4 Å². The lowest BCUT2D eigenvalue weighted by Crippen LogP contribution is -2.37. The van der Waals surface area contributed by atoms with Gasteiger partial charge in [-0.1, -0.05) is 95.1 Å². The number of nitrogens with one attached hydrogen (secondary N) is 1. The molecule has 5 aromatic carbocycles. The largest absolute Gasteiger partial charge is 0.474 e. The molecule has 0 fully saturated rings. The van der Waals surface area contributed by atoms with Crippen molar-refractivity contribution in [3.05, 3.63) is 154 Å². The van der Waals surface area contributed by atoms with Gasteiger partial charge in [0, 0.05) is 32.0 Å². The van der Waals surface area contributed by atoms with E-state index in [9.17, 15) is 9.59 Å². The Labute approximate surface area is 308 Å². The zero-order chi connectivity index (χ0) is 35.5. The Kier molecular flexibility index (Phi) is 9.85. The first-order chi connectivity index (χ1) is 24.7. The summed E-state index contributed by atoms with van der Waals surface area (Å²) in [6, 6.07) is 36.0. The first kappa shape index (κ1) is 34.0. The highest BCUT2D eigenvalue weighted by atomic mass is 35.5. The maximum absolute atomic E-state index is 14.4. The van der Waals surface area contributed by atoms with Crippen molar-refractivity contribution in [1.82, 2.24) is 20.2 Å². The van der Waals surface area contributed by atoms with Crippen molar-refractivity contribution in [3.63, 3.8) is 0 Å². The van der Waals surface area contributed by atoms with Crippen molar-refractivity contribution in [2.75, 3.05) is 10.3 Å². The minimum atomic E-state index is -1.13. The smallest absolute Gasteiger partial charge is 0.294 e. The molecule has 0 radical (unpaired) electrons. The molecule has 13 heteroatoms. The fourth-order valence-corrected chi connectivity index (χ4v) is 6.74. The van der Waals surface area contributed by atoms with Crippen LogP contribution in [0.2, 0.25) is 10.0 Å². The van der Waals surface area contributed by atoms with Crippen molar-refractivity contribution >= 4 is 63.9 Å². The van der Waals surface area contributed by atoms with Gasteiger partial charge >= 0.3 is 0 Å². The van der Waals surface area contributed by atoms with Crippen LogP contribution in [0.3, 0.4) is 0 Å². The molecule has 0 saturated heterocycles. The molecule has 1 aliphatic heterocycles. The number of hydrogen-bond acceptors (Lipinski definition) is 8. The number of aromatic nitrogens is 4. The second kappa shape index (κ2) is 14.8. The van der Waals surface area contributed by atoms with Gasteiger partial charge in [-0.05, 0) is 91.0 Å². The van der Waals surface area contributed by atoms with Gasteiger partial charge in [-0.25, -0.2) is 0 Å². The zero-order valence-corrected chi connectivity index (χ0v) is 29.6. The minimum absolute atomic E-state index is 0.180. The summed E-state index contributed by atoms with van der Waals surface area (Å²) in [4.78, 5) is 27.6. The fraction of sp³-hybridized carbons (Fsp3) is 0.105. The minimum Gasteiger partial charge on any atom is -0.474 e. The Bertz CT molecular complexity index is 2250. The van der Waals surface area contributed by atoms with Gasteiger partial charge in [0.1, 0.15) is 11.5 Å². The van der Waals surface area contributed by atoms with Crippen LogP contribution in [0, 0.1) is 6.92 Å². The van der Waals surface area contributed by atoms with E-state index in [0.29, 0.717) is 49.2 Å². The van der Waals surface area contributed by atoms with Crippen LogP contribution in [0.5, 0.6) is 5.75 Å². The van der Waals surface area contributed by atoms with Crippen LogP contribution in [0.25, 0.3) is 5.69 Å². The van der Waals surface area contributed by atoms with E-state index in [1.54, 1.807) is 77.5 Å². The molecule has 6 aromatic rings. The molecule has 2 heterocycles. The molecule has 0 spiro atoms. The molecule has 1 aliphatic rings. The summed E-state index contributed by atoms with van der Waals surface area (Å²) in [5.74, 6) is -0.298. The first-order valence-corrected chi connectivity index (χ1v) is 17.5. The number of halogens is 2. The molecule has 0 bridgehead atoms. The number of amides is 2. The lowest BCUT2D eigenvalue weighted by Gasteiger charge is -2.22. The lowest BCUT2D eigenvalue weighted by molar-refractivity contribution is -0.121. The van der Waals surface area contributed by atoms with Gasteiger partial charge in [0.25, 0.3) is 11.8 Å². The third-order valence-electron chi connectivity index (χ3n) is 8.09. The van der Waals surface area contributed by atoms with Crippen LogP contribution < -0.4 is 15.1 Å². The van der Waals surface area contributed by atoms with E-state index in [2.05, 4.69) is 20.8 Å². The highest BCUT2D eigenvalue weighted by Gasteiger charge is 2.41. The summed E-state index contributed by atoms with van der Waals surface area (Å²) in [7, 11) is 0. The van der Waals surface area contributed by atoms with Crippen molar-refractivity contribution < 1.29 is 14.3 Å². The van der Waals surface area contributed by atoms with Crippen LogP contribution >= 0.6 is 35.0 Å². The van der Waals surface area contributed by atoms with Gasteiger partial charge in [0.2, 0.25) is 11.3 Å². The summed E-state index contributed by atoms with van der Waals surface area (Å²) in [6.45, 7) is 4.03. The molecule has 10 nitrogen and oxygen atoms in total. The Balaban J connectivity index is 1.21. The number of para-hydroxylation sites is 3. The number of rotatable bonds is 10. The van der Waals surface area contributed by atoms with Crippen LogP contribution in [0.15, 0.2) is 132 Å². The molecule has 254 valence electrons. The molecule has 2 amide bonds. The number of hydrogen-bond donors (Lipinski definition) is 1. The number of thioether (sulfide) groups is 1. The van der Waals surface area contributed by atoms with Gasteiger partial charge in [-0.2, -0.15) is 14.8 Å². The predicted molar refractivity (Wildman–Crippen MR) is 200 cm³/mol. The molecule has 1 aromatic heterocycles. The van der Waals surface area contributed by atoms with E-state index < -0.39 is 12.0 Å². The summed E-state index contributed by atoms with van der Waals surface area (Å²) < 4.78 is 8.34. The highest BCUT2D eigenvalue weighted by Crippen LogP contribution is 2.40. The number of aryl methyl sites for hydroxylation is 1. The molecular formula is C38H29Cl2N7O3S. The Morgan fingerprint density at radius 1 is 0.882 bits per heavy atom. The van der Waals surface area contributed by atoms with E-state index in [-0.39, 0.29) is 11.2 Å².